The van der Waals surface area contributed by atoms with Crippen LogP contribution in [0, 0.1) is 11.6 Å². The number of sulfonamides is 1. The van der Waals surface area contributed by atoms with Crippen molar-refractivity contribution in [2.45, 2.75) is 11.4 Å². The molecule has 11 heteroatoms. The molecule has 30 heavy (non-hydrogen) atoms. The zero-order valence-corrected chi connectivity index (χ0v) is 17.5. The highest BCUT2D eigenvalue weighted by Gasteiger charge is 2.32. The summed E-state index contributed by atoms with van der Waals surface area (Å²) in [6.07, 6.45) is 1.67. The first-order chi connectivity index (χ1) is 14.2. The fraction of sp³-hybridized carbons (Fsp3) is 0.368. The summed E-state index contributed by atoms with van der Waals surface area (Å²) in [4.78, 5) is 19.4. The van der Waals surface area contributed by atoms with Gasteiger partial charge in [0.1, 0.15) is 22.3 Å². The second kappa shape index (κ2) is 8.92. The number of amides is 2. The van der Waals surface area contributed by atoms with E-state index in [0.29, 0.717) is 6.07 Å². The minimum Gasteiger partial charge on any atom is -0.362 e. The summed E-state index contributed by atoms with van der Waals surface area (Å²) in [7, 11) is -0.477. The van der Waals surface area contributed by atoms with Crippen LogP contribution in [-0.2, 0) is 16.6 Å². The fourth-order valence-electron chi connectivity index (χ4n) is 3.20. The smallest absolute Gasteiger partial charge is 0.317 e. The Morgan fingerprint density at radius 2 is 1.87 bits per heavy atom. The van der Waals surface area contributed by atoms with Crippen molar-refractivity contribution in [2.75, 3.05) is 45.2 Å². The van der Waals surface area contributed by atoms with Crippen molar-refractivity contribution in [3.63, 3.8) is 0 Å². The molecule has 1 aromatic carbocycles. The zero-order valence-electron chi connectivity index (χ0n) is 16.7. The van der Waals surface area contributed by atoms with Crippen LogP contribution >= 0.6 is 0 Å². The topological polar surface area (TPSA) is 85.8 Å². The van der Waals surface area contributed by atoms with Gasteiger partial charge in [0.05, 0.1) is 0 Å². The second-order valence-corrected chi connectivity index (χ2v) is 8.91. The van der Waals surface area contributed by atoms with Gasteiger partial charge in [0.15, 0.2) is 0 Å². The van der Waals surface area contributed by atoms with Gasteiger partial charge in [0.2, 0.25) is 10.0 Å². The van der Waals surface area contributed by atoms with Gasteiger partial charge in [0.25, 0.3) is 0 Å². The van der Waals surface area contributed by atoms with Crippen LogP contribution in [0.2, 0.25) is 0 Å². The number of aromatic nitrogens is 1. The molecular weight excluding hydrogens is 416 g/mol. The predicted molar refractivity (Wildman–Crippen MR) is 107 cm³/mol. The molecule has 1 fully saturated rings. The lowest BCUT2D eigenvalue weighted by molar-refractivity contribution is 0.172. The number of hydrogen-bond acceptors (Lipinski definition) is 5. The molecule has 0 spiro atoms. The molecule has 1 N–H and O–H groups in total. The standard InChI is InChI=1S/C19H23F2N5O3S/c1-24(2)18-14(4-3-7-22-18)13-23-19(27)25-8-10-26(11-9-25)30(28,29)17-12-15(20)5-6-16(17)21/h3-7,12H,8-11,13H2,1-2H3,(H,23,27). The number of carbonyl (C=O) groups excluding carboxylic acids is 1. The Balaban J connectivity index is 1.60. The van der Waals surface area contributed by atoms with Crippen molar-refractivity contribution in [2.24, 2.45) is 0 Å². The van der Waals surface area contributed by atoms with Gasteiger partial charge in [-0.3, -0.25) is 0 Å². The molecule has 3 rings (SSSR count). The van der Waals surface area contributed by atoms with Gasteiger partial charge in [-0.15, -0.1) is 0 Å². The molecule has 1 saturated heterocycles. The Hall–Kier alpha value is -2.79. The van der Waals surface area contributed by atoms with E-state index in [1.54, 1.807) is 12.3 Å². The van der Waals surface area contributed by atoms with Crippen molar-refractivity contribution in [3.05, 3.63) is 53.7 Å². The maximum atomic E-state index is 13.9. The maximum Gasteiger partial charge on any atom is 0.317 e. The lowest BCUT2D eigenvalue weighted by Crippen LogP contribution is -2.53. The van der Waals surface area contributed by atoms with Crippen LogP contribution < -0.4 is 10.2 Å². The molecule has 0 unspecified atom stereocenters. The van der Waals surface area contributed by atoms with E-state index >= 15 is 0 Å². The van der Waals surface area contributed by atoms with E-state index in [2.05, 4.69) is 10.3 Å². The highest BCUT2D eigenvalue weighted by molar-refractivity contribution is 7.89. The quantitative estimate of drug-likeness (QED) is 0.766. The predicted octanol–water partition coefficient (Wildman–Crippen LogP) is 1.64. The highest BCUT2D eigenvalue weighted by Crippen LogP contribution is 2.22. The number of urea groups is 1. The first-order valence-corrected chi connectivity index (χ1v) is 10.7. The number of pyridine rings is 1. The average Bonchev–Trinajstić information content (AvgIpc) is 2.73. The molecular formula is C19H23F2N5O3S. The molecule has 1 aliphatic heterocycles. The monoisotopic (exact) mass is 439 g/mol. The van der Waals surface area contributed by atoms with Gasteiger partial charge in [-0.1, -0.05) is 6.07 Å². The summed E-state index contributed by atoms with van der Waals surface area (Å²) in [5.74, 6) is -1.10. The molecule has 2 amide bonds. The molecule has 1 aliphatic rings. The lowest BCUT2D eigenvalue weighted by atomic mass is 10.2. The molecule has 2 heterocycles. The molecule has 0 radical (unpaired) electrons. The molecule has 1 aromatic heterocycles. The van der Waals surface area contributed by atoms with Gasteiger partial charge in [-0.2, -0.15) is 4.31 Å². The third-order valence-electron chi connectivity index (χ3n) is 4.76. The summed E-state index contributed by atoms with van der Waals surface area (Å²) >= 11 is 0. The third kappa shape index (κ3) is 4.68. The minimum atomic E-state index is -4.19. The zero-order chi connectivity index (χ0) is 21.9. The summed E-state index contributed by atoms with van der Waals surface area (Å²) in [6, 6.07) is 5.62. The van der Waals surface area contributed by atoms with E-state index in [9.17, 15) is 22.0 Å². The van der Waals surface area contributed by atoms with Gasteiger partial charge < -0.3 is 15.1 Å². The minimum absolute atomic E-state index is 0.0124. The third-order valence-corrected chi connectivity index (χ3v) is 6.67. The Morgan fingerprint density at radius 3 is 2.53 bits per heavy atom. The number of benzene rings is 1. The molecule has 2 aromatic rings. The molecule has 0 aliphatic carbocycles. The molecule has 0 atom stereocenters. The maximum absolute atomic E-state index is 13.9. The van der Waals surface area contributed by atoms with Crippen molar-refractivity contribution in [1.29, 1.82) is 0 Å². The van der Waals surface area contributed by atoms with Gasteiger partial charge >= 0.3 is 6.03 Å². The second-order valence-electron chi connectivity index (χ2n) is 7.01. The van der Waals surface area contributed by atoms with E-state index in [4.69, 9.17) is 0 Å². The Morgan fingerprint density at radius 1 is 1.17 bits per heavy atom. The first kappa shape index (κ1) is 21.9. The largest absolute Gasteiger partial charge is 0.362 e. The number of nitrogens with zero attached hydrogens (tertiary/aromatic N) is 4. The number of carbonyl (C=O) groups is 1. The van der Waals surface area contributed by atoms with Crippen LogP contribution in [0.15, 0.2) is 41.4 Å². The molecule has 0 saturated carbocycles. The SMILES string of the molecule is CN(C)c1ncccc1CNC(=O)N1CCN(S(=O)(=O)c2cc(F)ccc2F)CC1. The summed E-state index contributed by atoms with van der Waals surface area (Å²) < 4.78 is 53.6. The van der Waals surface area contributed by atoms with Crippen LogP contribution in [0.1, 0.15) is 5.56 Å². The number of anilines is 1. The van der Waals surface area contributed by atoms with Crippen molar-refractivity contribution in [1.82, 2.24) is 19.5 Å². The van der Waals surface area contributed by atoms with Crippen LogP contribution in [0.25, 0.3) is 0 Å². The van der Waals surface area contributed by atoms with Gasteiger partial charge in [-0.25, -0.2) is 27.0 Å². The van der Waals surface area contributed by atoms with Crippen LogP contribution in [0.3, 0.4) is 0 Å². The van der Waals surface area contributed by atoms with Crippen molar-refractivity contribution in [3.8, 4) is 0 Å². The van der Waals surface area contributed by atoms with E-state index in [1.807, 2.05) is 25.1 Å². The van der Waals surface area contributed by atoms with Crippen LogP contribution in [0.5, 0.6) is 0 Å². The first-order valence-electron chi connectivity index (χ1n) is 9.29. The number of piperazine rings is 1. The normalized spacial score (nSPS) is 15.1. The van der Waals surface area contributed by atoms with Gasteiger partial charge in [-0.05, 0) is 24.3 Å². The molecule has 162 valence electrons. The number of nitrogens with one attached hydrogen (secondary N) is 1. The van der Waals surface area contributed by atoms with E-state index in [0.717, 1.165) is 27.8 Å². The number of halogens is 2. The number of rotatable bonds is 5. The van der Waals surface area contributed by atoms with E-state index in [-0.39, 0.29) is 38.8 Å². The van der Waals surface area contributed by atoms with E-state index < -0.39 is 26.6 Å². The number of hydrogen-bond donors (Lipinski definition) is 1. The van der Waals surface area contributed by atoms with Crippen LogP contribution in [-0.4, -0.2) is 68.9 Å². The fourth-order valence-corrected chi connectivity index (χ4v) is 4.70. The van der Waals surface area contributed by atoms with E-state index in [1.165, 1.54) is 4.90 Å². The molecule has 0 bridgehead atoms. The highest BCUT2D eigenvalue weighted by atomic mass is 32.2. The lowest BCUT2D eigenvalue weighted by Gasteiger charge is -2.34. The summed E-state index contributed by atoms with van der Waals surface area (Å²) in [5.41, 5.74) is 0.846. The van der Waals surface area contributed by atoms with Crippen molar-refractivity contribution >= 4 is 21.9 Å². The Bertz CT molecular complexity index is 1020. The Kier molecular flexibility index (Phi) is 6.52. The summed E-state index contributed by atoms with van der Waals surface area (Å²) in [6.45, 7) is 0.515. The Labute approximate surface area is 174 Å². The summed E-state index contributed by atoms with van der Waals surface area (Å²) in [5, 5.41) is 2.81. The molecule has 8 nitrogen and oxygen atoms in total. The van der Waals surface area contributed by atoms with Gasteiger partial charge in [0, 0.05) is 58.6 Å². The average molecular weight is 439 g/mol. The van der Waals surface area contributed by atoms with Crippen molar-refractivity contribution < 1.29 is 22.0 Å². The van der Waals surface area contributed by atoms with Crippen LogP contribution in [0.4, 0.5) is 19.4 Å².